The fraction of sp³-hybridized carbons (Fsp3) is 0.438. The van der Waals surface area contributed by atoms with Crippen LogP contribution in [0.3, 0.4) is 0 Å². The van der Waals surface area contributed by atoms with Crippen LogP contribution < -0.4 is 10.6 Å². The van der Waals surface area contributed by atoms with Crippen LogP contribution in [-0.4, -0.2) is 30.8 Å². The lowest BCUT2D eigenvalue weighted by atomic mass is 10.2. The van der Waals surface area contributed by atoms with Gasteiger partial charge in [-0.25, -0.2) is 0 Å². The number of aryl methyl sites for hydroxylation is 1. The van der Waals surface area contributed by atoms with E-state index in [0.717, 1.165) is 35.0 Å². The van der Waals surface area contributed by atoms with Crippen molar-refractivity contribution in [2.75, 3.05) is 10.6 Å². The van der Waals surface area contributed by atoms with Crippen LogP contribution in [0.4, 0.5) is 17.5 Å². The molecule has 0 spiro atoms. The number of fused-ring (bicyclic) bond motifs is 1. The van der Waals surface area contributed by atoms with Gasteiger partial charge in [0, 0.05) is 25.0 Å². The average Bonchev–Trinajstić information content (AvgIpc) is 3.12. The smallest absolute Gasteiger partial charge is 0.231 e. The number of anilines is 3. The van der Waals surface area contributed by atoms with E-state index in [-0.39, 0.29) is 0 Å². The van der Waals surface area contributed by atoms with Crippen LogP contribution in [0.5, 0.6) is 0 Å². The van der Waals surface area contributed by atoms with E-state index in [9.17, 15) is 0 Å². The fourth-order valence-corrected chi connectivity index (χ4v) is 2.77. The molecule has 3 aromatic rings. The first kappa shape index (κ1) is 14.0. The summed E-state index contributed by atoms with van der Waals surface area (Å²) in [6.07, 6.45) is 8.23. The van der Waals surface area contributed by atoms with Crippen molar-refractivity contribution < 1.29 is 0 Å². The van der Waals surface area contributed by atoms with E-state index in [1.807, 2.05) is 23.1 Å². The summed E-state index contributed by atoms with van der Waals surface area (Å²) in [6.45, 7) is 5.11. The van der Waals surface area contributed by atoms with E-state index >= 15 is 0 Å². The molecule has 0 amide bonds. The SMILES string of the molecule is CCn1cc(Nc2nc(NC(C)C3CC3)c3cc[nH]c3n2)cn1. The van der Waals surface area contributed by atoms with Gasteiger partial charge in [0.2, 0.25) is 5.95 Å². The summed E-state index contributed by atoms with van der Waals surface area (Å²) in [6, 6.07) is 2.44. The standard InChI is InChI=1S/C16H21N7/c1-3-23-9-12(8-18-23)20-16-21-14-13(6-7-17-14)15(22-16)19-10(2)11-4-5-11/h6-11H,3-5H2,1-2H3,(H3,17,19,20,21,22). The molecule has 1 atom stereocenters. The van der Waals surface area contributed by atoms with Crippen molar-refractivity contribution in [2.24, 2.45) is 5.92 Å². The molecule has 7 nitrogen and oxygen atoms in total. The Morgan fingerprint density at radius 1 is 1.39 bits per heavy atom. The van der Waals surface area contributed by atoms with Gasteiger partial charge in [-0.15, -0.1) is 0 Å². The van der Waals surface area contributed by atoms with Crippen molar-refractivity contribution in [3.05, 3.63) is 24.7 Å². The van der Waals surface area contributed by atoms with Gasteiger partial charge in [-0.2, -0.15) is 15.1 Å². The first-order chi connectivity index (χ1) is 11.2. The molecular formula is C16H21N7. The normalized spacial score (nSPS) is 15.7. The van der Waals surface area contributed by atoms with Crippen LogP contribution in [0.1, 0.15) is 26.7 Å². The summed E-state index contributed by atoms with van der Waals surface area (Å²) in [5.41, 5.74) is 1.72. The fourth-order valence-electron chi connectivity index (χ4n) is 2.77. The largest absolute Gasteiger partial charge is 0.367 e. The lowest BCUT2D eigenvalue weighted by Crippen LogP contribution is -2.18. The molecule has 1 aliphatic rings. The van der Waals surface area contributed by atoms with Crippen molar-refractivity contribution in [3.63, 3.8) is 0 Å². The van der Waals surface area contributed by atoms with Crippen molar-refractivity contribution >= 4 is 28.5 Å². The maximum atomic E-state index is 4.66. The molecule has 120 valence electrons. The zero-order valence-corrected chi connectivity index (χ0v) is 13.4. The quantitative estimate of drug-likeness (QED) is 0.651. The maximum absolute atomic E-state index is 4.66. The number of H-pyrrole nitrogens is 1. The Balaban J connectivity index is 1.63. The van der Waals surface area contributed by atoms with Gasteiger partial charge in [0.25, 0.3) is 0 Å². The lowest BCUT2D eigenvalue weighted by Gasteiger charge is -2.15. The minimum Gasteiger partial charge on any atom is -0.367 e. The summed E-state index contributed by atoms with van der Waals surface area (Å²) in [5, 5.41) is 12.1. The minimum atomic E-state index is 0.429. The van der Waals surface area contributed by atoms with Crippen LogP contribution >= 0.6 is 0 Å². The van der Waals surface area contributed by atoms with E-state index in [1.165, 1.54) is 12.8 Å². The minimum absolute atomic E-state index is 0.429. The van der Waals surface area contributed by atoms with Crippen molar-refractivity contribution in [1.82, 2.24) is 24.7 Å². The van der Waals surface area contributed by atoms with E-state index in [4.69, 9.17) is 0 Å². The Morgan fingerprint density at radius 3 is 3.00 bits per heavy atom. The Bertz CT molecular complexity index is 815. The molecule has 0 aromatic carbocycles. The molecule has 0 aliphatic heterocycles. The number of aromatic nitrogens is 5. The van der Waals surface area contributed by atoms with Gasteiger partial charge in [-0.05, 0) is 38.7 Å². The number of nitrogens with one attached hydrogen (secondary N) is 3. The number of nitrogens with zero attached hydrogens (tertiary/aromatic N) is 4. The number of rotatable bonds is 6. The van der Waals surface area contributed by atoms with Crippen molar-refractivity contribution in [3.8, 4) is 0 Å². The summed E-state index contributed by atoms with van der Waals surface area (Å²) >= 11 is 0. The molecule has 3 N–H and O–H groups in total. The topological polar surface area (TPSA) is 83.5 Å². The highest BCUT2D eigenvalue weighted by molar-refractivity contribution is 5.88. The van der Waals surface area contributed by atoms with Gasteiger partial charge >= 0.3 is 0 Å². The second kappa shape index (κ2) is 5.57. The van der Waals surface area contributed by atoms with Gasteiger partial charge in [-0.1, -0.05) is 0 Å². The van der Waals surface area contributed by atoms with Crippen LogP contribution in [0, 0.1) is 5.92 Å². The van der Waals surface area contributed by atoms with Crippen LogP contribution in [0.2, 0.25) is 0 Å². The third-order valence-electron chi connectivity index (χ3n) is 4.32. The molecule has 1 saturated carbocycles. The number of hydrogen-bond acceptors (Lipinski definition) is 5. The molecule has 23 heavy (non-hydrogen) atoms. The zero-order valence-electron chi connectivity index (χ0n) is 13.4. The third kappa shape index (κ3) is 2.86. The van der Waals surface area contributed by atoms with Crippen molar-refractivity contribution in [1.29, 1.82) is 0 Å². The summed E-state index contributed by atoms with van der Waals surface area (Å²) in [4.78, 5) is 12.4. The first-order valence-corrected chi connectivity index (χ1v) is 8.14. The highest BCUT2D eigenvalue weighted by Crippen LogP contribution is 2.34. The third-order valence-corrected chi connectivity index (χ3v) is 4.32. The Hall–Kier alpha value is -2.57. The molecule has 4 rings (SSSR count). The summed E-state index contributed by atoms with van der Waals surface area (Å²) in [5.74, 6) is 2.21. The van der Waals surface area contributed by atoms with Crippen LogP contribution in [0.15, 0.2) is 24.7 Å². The maximum Gasteiger partial charge on any atom is 0.231 e. The highest BCUT2D eigenvalue weighted by atomic mass is 15.3. The predicted molar refractivity (Wildman–Crippen MR) is 90.9 cm³/mol. The molecule has 1 unspecified atom stereocenters. The van der Waals surface area contributed by atoms with Gasteiger partial charge in [0.15, 0.2) is 0 Å². The van der Waals surface area contributed by atoms with Gasteiger partial charge < -0.3 is 15.6 Å². The van der Waals surface area contributed by atoms with Crippen LogP contribution in [0.25, 0.3) is 11.0 Å². The summed E-state index contributed by atoms with van der Waals surface area (Å²) < 4.78 is 1.86. The van der Waals surface area contributed by atoms with Crippen LogP contribution in [-0.2, 0) is 6.54 Å². The molecule has 1 aliphatic carbocycles. The molecular weight excluding hydrogens is 290 g/mol. The highest BCUT2D eigenvalue weighted by Gasteiger charge is 2.28. The van der Waals surface area contributed by atoms with E-state index in [2.05, 4.69) is 44.5 Å². The molecule has 0 saturated heterocycles. The second-order valence-electron chi connectivity index (χ2n) is 6.12. The van der Waals surface area contributed by atoms with Gasteiger partial charge in [0.05, 0.1) is 17.3 Å². The number of hydrogen-bond donors (Lipinski definition) is 3. The molecule has 0 bridgehead atoms. The van der Waals surface area contributed by atoms with E-state index in [1.54, 1.807) is 6.20 Å². The van der Waals surface area contributed by atoms with Crippen molar-refractivity contribution in [2.45, 2.75) is 39.3 Å². The predicted octanol–water partition coefficient (Wildman–Crippen LogP) is 3.13. The Kier molecular flexibility index (Phi) is 3.40. The van der Waals surface area contributed by atoms with E-state index < -0.39 is 0 Å². The molecule has 3 aromatic heterocycles. The van der Waals surface area contributed by atoms with Gasteiger partial charge in [-0.3, -0.25) is 4.68 Å². The lowest BCUT2D eigenvalue weighted by molar-refractivity contribution is 0.660. The number of aromatic amines is 1. The second-order valence-corrected chi connectivity index (χ2v) is 6.12. The Morgan fingerprint density at radius 2 is 2.26 bits per heavy atom. The average molecular weight is 311 g/mol. The molecule has 3 heterocycles. The molecule has 0 radical (unpaired) electrons. The Labute approximate surface area is 134 Å². The monoisotopic (exact) mass is 311 g/mol. The van der Waals surface area contributed by atoms with E-state index in [0.29, 0.717) is 12.0 Å². The summed E-state index contributed by atoms with van der Waals surface area (Å²) in [7, 11) is 0. The molecule has 1 fully saturated rings. The van der Waals surface area contributed by atoms with Gasteiger partial charge in [0.1, 0.15) is 11.5 Å². The zero-order chi connectivity index (χ0) is 15.8. The molecule has 7 heteroatoms. The first-order valence-electron chi connectivity index (χ1n) is 8.14.